The fourth-order valence-electron chi connectivity index (χ4n) is 2.66. The summed E-state index contributed by atoms with van der Waals surface area (Å²) >= 11 is 0. The van der Waals surface area contributed by atoms with Crippen LogP contribution in [-0.4, -0.2) is 50.7 Å². The summed E-state index contributed by atoms with van der Waals surface area (Å²) in [5.41, 5.74) is 0.645. The van der Waals surface area contributed by atoms with Gasteiger partial charge < -0.3 is 19.7 Å². The van der Waals surface area contributed by atoms with Crippen LogP contribution in [0.5, 0.6) is 11.5 Å². The molecular weight excluding hydrogens is 268 g/mol. The van der Waals surface area contributed by atoms with E-state index in [9.17, 15) is 4.79 Å². The number of benzene rings is 1. The van der Waals surface area contributed by atoms with Crippen LogP contribution in [0.25, 0.3) is 0 Å². The van der Waals surface area contributed by atoms with E-state index in [0.29, 0.717) is 29.7 Å². The molecule has 1 fully saturated rings. The van der Waals surface area contributed by atoms with Crippen molar-refractivity contribution in [2.24, 2.45) is 0 Å². The number of ether oxygens (including phenoxy) is 2. The molecule has 0 saturated carbocycles. The lowest BCUT2D eigenvalue weighted by Gasteiger charge is -2.32. The van der Waals surface area contributed by atoms with Crippen molar-refractivity contribution in [1.82, 2.24) is 10.2 Å². The molecule has 0 unspecified atom stereocenters. The van der Waals surface area contributed by atoms with Crippen LogP contribution in [0, 0.1) is 0 Å². The molecule has 1 aromatic carbocycles. The highest BCUT2D eigenvalue weighted by molar-refractivity contribution is 5.95. The van der Waals surface area contributed by atoms with Gasteiger partial charge in [-0.05, 0) is 45.0 Å². The topological polar surface area (TPSA) is 50.8 Å². The second kappa shape index (κ2) is 7.31. The number of nitrogens with one attached hydrogen (secondary N) is 1. The zero-order chi connectivity index (χ0) is 15.2. The molecule has 5 heteroatoms. The summed E-state index contributed by atoms with van der Waals surface area (Å²) < 4.78 is 10.8. The highest BCUT2D eigenvalue weighted by Gasteiger charge is 2.24. The molecule has 1 atom stereocenters. The highest BCUT2D eigenvalue weighted by atomic mass is 16.5. The Balaban J connectivity index is 2.15. The Hall–Kier alpha value is -1.75. The van der Waals surface area contributed by atoms with Crippen molar-refractivity contribution in [3.8, 4) is 11.5 Å². The number of hydrogen-bond acceptors (Lipinski definition) is 4. The van der Waals surface area contributed by atoms with Crippen molar-refractivity contribution < 1.29 is 14.3 Å². The number of rotatable bonds is 5. The maximum absolute atomic E-state index is 12.6. The van der Waals surface area contributed by atoms with Gasteiger partial charge in [0.15, 0.2) is 11.5 Å². The molecule has 1 saturated heterocycles. The van der Waals surface area contributed by atoms with Gasteiger partial charge in [0.05, 0.1) is 13.7 Å². The number of hydrogen-bond donors (Lipinski definition) is 1. The van der Waals surface area contributed by atoms with Gasteiger partial charge in [0.2, 0.25) is 0 Å². The number of likely N-dealkylation sites (tertiary alicyclic amines) is 1. The second-order valence-corrected chi connectivity index (χ2v) is 5.18. The van der Waals surface area contributed by atoms with Crippen molar-refractivity contribution >= 4 is 5.91 Å². The van der Waals surface area contributed by atoms with Gasteiger partial charge in [0.25, 0.3) is 5.91 Å². The monoisotopic (exact) mass is 292 g/mol. The molecule has 0 radical (unpaired) electrons. The van der Waals surface area contributed by atoms with Gasteiger partial charge in [-0.1, -0.05) is 0 Å². The average molecular weight is 292 g/mol. The summed E-state index contributed by atoms with van der Waals surface area (Å²) in [6, 6.07) is 5.75. The minimum absolute atomic E-state index is 0.0521. The Labute approximate surface area is 126 Å². The normalized spacial score (nSPS) is 18.4. The lowest BCUT2D eigenvalue weighted by Crippen LogP contribution is -2.46. The number of carbonyl (C=O) groups is 1. The average Bonchev–Trinajstić information content (AvgIpc) is 2.54. The molecule has 2 rings (SSSR count). The van der Waals surface area contributed by atoms with Gasteiger partial charge >= 0.3 is 0 Å². The van der Waals surface area contributed by atoms with Gasteiger partial charge in [-0.15, -0.1) is 0 Å². The number of nitrogens with zero attached hydrogens (tertiary/aromatic N) is 1. The van der Waals surface area contributed by atoms with E-state index in [-0.39, 0.29) is 5.91 Å². The van der Waals surface area contributed by atoms with Crippen molar-refractivity contribution in [2.45, 2.75) is 25.8 Å². The molecule has 1 N–H and O–H groups in total. The molecule has 1 aromatic rings. The second-order valence-electron chi connectivity index (χ2n) is 5.18. The number of carbonyl (C=O) groups excluding carboxylic acids is 1. The van der Waals surface area contributed by atoms with Crippen LogP contribution in [0.3, 0.4) is 0 Å². The van der Waals surface area contributed by atoms with Crippen LogP contribution in [-0.2, 0) is 0 Å². The molecule has 5 nitrogen and oxygen atoms in total. The third-order valence-corrected chi connectivity index (χ3v) is 3.83. The largest absolute Gasteiger partial charge is 0.493 e. The molecule has 1 heterocycles. The summed E-state index contributed by atoms with van der Waals surface area (Å²) in [6.07, 6.45) is 2.15. The SMILES string of the molecule is CCOc1ccc(C(=O)N2CCC[C@H](NC)C2)cc1OC. The molecule has 1 aliphatic rings. The summed E-state index contributed by atoms with van der Waals surface area (Å²) in [7, 11) is 3.53. The quantitative estimate of drug-likeness (QED) is 0.901. The summed E-state index contributed by atoms with van der Waals surface area (Å²) in [6.45, 7) is 4.06. The lowest BCUT2D eigenvalue weighted by molar-refractivity contribution is 0.0698. The van der Waals surface area contributed by atoms with Gasteiger partial charge in [0.1, 0.15) is 0 Å². The van der Waals surface area contributed by atoms with E-state index in [1.165, 1.54) is 0 Å². The molecule has 1 amide bonds. The predicted octanol–water partition coefficient (Wildman–Crippen LogP) is 1.92. The maximum Gasteiger partial charge on any atom is 0.254 e. The third-order valence-electron chi connectivity index (χ3n) is 3.83. The predicted molar refractivity (Wildman–Crippen MR) is 82.1 cm³/mol. The van der Waals surface area contributed by atoms with E-state index in [1.807, 2.05) is 18.9 Å². The number of likely N-dealkylation sites (N-methyl/N-ethyl adjacent to an activating group) is 1. The minimum atomic E-state index is 0.0521. The number of piperidine rings is 1. The first-order valence-corrected chi connectivity index (χ1v) is 7.47. The number of amides is 1. The first-order valence-electron chi connectivity index (χ1n) is 7.47. The Morgan fingerprint density at radius 3 is 2.90 bits per heavy atom. The fourth-order valence-corrected chi connectivity index (χ4v) is 2.66. The van der Waals surface area contributed by atoms with E-state index in [1.54, 1.807) is 25.3 Å². The van der Waals surface area contributed by atoms with E-state index in [0.717, 1.165) is 25.9 Å². The Morgan fingerprint density at radius 1 is 1.43 bits per heavy atom. The highest BCUT2D eigenvalue weighted by Crippen LogP contribution is 2.28. The van der Waals surface area contributed by atoms with Crippen LogP contribution in [0.1, 0.15) is 30.1 Å². The van der Waals surface area contributed by atoms with Crippen molar-refractivity contribution in [3.63, 3.8) is 0 Å². The Bertz CT molecular complexity index is 490. The van der Waals surface area contributed by atoms with Crippen LogP contribution in [0.4, 0.5) is 0 Å². The summed E-state index contributed by atoms with van der Waals surface area (Å²) in [5.74, 6) is 1.32. The Morgan fingerprint density at radius 2 is 2.24 bits per heavy atom. The van der Waals surface area contributed by atoms with Crippen molar-refractivity contribution in [2.75, 3.05) is 33.9 Å². The zero-order valence-electron chi connectivity index (χ0n) is 13.0. The first kappa shape index (κ1) is 15.6. The summed E-state index contributed by atoms with van der Waals surface area (Å²) in [5, 5.41) is 3.25. The minimum Gasteiger partial charge on any atom is -0.493 e. The molecule has 0 aliphatic carbocycles. The van der Waals surface area contributed by atoms with Crippen LogP contribution >= 0.6 is 0 Å². The zero-order valence-corrected chi connectivity index (χ0v) is 13.0. The number of methoxy groups -OCH3 is 1. The molecule has 0 aromatic heterocycles. The van der Waals surface area contributed by atoms with Gasteiger partial charge in [-0.2, -0.15) is 0 Å². The van der Waals surface area contributed by atoms with E-state index < -0.39 is 0 Å². The molecule has 116 valence electrons. The van der Waals surface area contributed by atoms with Gasteiger partial charge in [0, 0.05) is 24.7 Å². The standard InChI is InChI=1S/C16H24N2O3/c1-4-21-14-8-7-12(10-15(14)20-3)16(19)18-9-5-6-13(11-18)17-2/h7-8,10,13,17H,4-6,9,11H2,1-3H3/t13-/m0/s1. The molecule has 21 heavy (non-hydrogen) atoms. The van der Waals surface area contributed by atoms with Crippen LogP contribution in [0.15, 0.2) is 18.2 Å². The maximum atomic E-state index is 12.6. The third kappa shape index (κ3) is 3.67. The van der Waals surface area contributed by atoms with E-state index in [4.69, 9.17) is 9.47 Å². The molecule has 1 aliphatic heterocycles. The van der Waals surface area contributed by atoms with Crippen molar-refractivity contribution in [3.05, 3.63) is 23.8 Å². The van der Waals surface area contributed by atoms with Crippen LogP contribution < -0.4 is 14.8 Å². The van der Waals surface area contributed by atoms with Gasteiger partial charge in [-0.25, -0.2) is 0 Å². The molecule has 0 bridgehead atoms. The summed E-state index contributed by atoms with van der Waals surface area (Å²) in [4.78, 5) is 14.5. The molecule has 0 spiro atoms. The first-order chi connectivity index (χ1) is 10.2. The van der Waals surface area contributed by atoms with E-state index in [2.05, 4.69) is 5.32 Å². The van der Waals surface area contributed by atoms with Crippen molar-refractivity contribution in [1.29, 1.82) is 0 Å². The smallest absolute Gasteiger partial charge is 0.254 e. The van der Waals surface area contributed by atoms with Crippen LogP contribution in [0.2, 0.25) is 0 Å². The Kier molecular flexibility index (Phi) is 5.44. The van der Waals surface area contributed by atoms with Gasteiger partial charge in [-0.3, -0.25) is 4.79 Å². The van der Waals surface area contributed by atoms with E-state index >= 15 is 0 Å². The fraction of sp³-hybridized carbons (Fsp3) is 0.562. The molecular formula is C16H24N2O3. The lowest BCUT2D eigenvalue weighted by atomic mass is 10.0.